The highest BCUT2D eigenvalue weighted by atomic mass is 15.2. The van der Waals surface area contributed by atoms with E-state index in [-0.39, 0.29) is 0 Å². The molecule has 1 saturated heterocycles. The van der Waals surface area contributed by atoms with E-state index in [4.69, 9.17) is 0 Å². The molecule has 1 fully saturated rings. The number of likely N-dealkylation sites (tertiary alicyclic amines) is 1. The molecule has 1 rings (SSSR count). The summed E-state index contributed by atoms with van der Waals surface area (Å²) < 4.78 is 0. The zero-order valence-corrected chi connectivity index (χ0v) is 10.8. The van der Waals surface area contributed by atoms with E-state index in [2.05, 4.69) is 43.1 Å². The first kappa shape index (κ1) is 12.9. The second-order valence-corrected chi connectivity index (χ2v) is 5.05. The highest BCUT2D eigenvalue weighted by Gasteiger charge is 2.25. The summed E-state index contributed by atoms with van der Waals surface area (Å²) in [6, 6.07) is 1.42. The zero-order chi connectivity index (χ0) is 11.3. The third-order valence-corrected chi connectivity index (χ3v) is 3.16. The van der Waals surface area contributed by atoms with Gasteiger partial charge in [-0.25, -0.2) is 0 Å². The molecular formula is C12H27N3. The highest BCUT2D eigenvalue weighted by molar-refractivity contribution is 4.84. The molecule has 1 aliphatic heterocycles. The minimum atomic E-state index is 0.688. The van der Waals surface area contributed by atoms with Crippen molar-refractivity contribution in [3.05, 3.63) is 0 Å². The summed E-state index contributed by atoms with van der Waals surface area (Å²) in [6.07, 6.45) is 2.56. The molecule has 2 unspecified atom stereocenters. The fourth-order valence-electron chi connectivity index (χ4n) is 2.35. The van der Waals surface area contributed by atoms with Gasteiger partial charge in [0.05, 0.1) is 0 Å². The Hall–Kier alpha value is -0.120. The van der Waals surface area contributed by atoms with Gasteiger partial charge in [0.2, 0.25) is 0 Å². The Kier molecular flexibility index (Phi) is 5.58. The second kappa shape index (κ2) is 6.46. The van der Waals surface area contributed by atoms with Gasteiger partial charge in [0, 0.05) is 31.7 Å². The zero-order valence-electron chi connectivity index (χ0n) is 10.8. The first-order valence-corrected chi connectivity index (χ1v) is 6.25. The van der Waals surface area contributed by atoms with E-state index < -0.39 is 0 Å². The molecular weight excluding hydrogens is 186 g/mol. The first-order valence-electron chi connectivity index (χ1n) is 6.25. The van der Waals surface area contributed by atoms with Crippen molar-refractivity contribution in [2.24, 2.45) is 0 Å². The van der Waals surface area contributed by atoms with Crippen LogP contribution in [0.5, 0.6) is 0 Å². The van der Waals surface area contributed by atoms with Crippen molar-refractivity contribution in [2.45, 2.75) is 38.8 Å². The highest BCUT2D eigenvalue weighted by Crippen LogP contribution is 2.13. The quantitative estimate of drug-likeness (QED) is 0.710. The van der Waals surface area contributed by atoms with Gasteiger partial charge < -0.3 is 10.2 Å². The van der Waals surface area contributed by atoms with E-state index >= 15 is 0 Å². The average molecular weight is 213 g/mol. The van der Waals surface area contributed by atoms with Gasteiger partial charge in [-0.3, -0.25) is 4.90 Å². The van der Waals surface area contributed by atoms with Crippen LogP contribution in [0, 0.1) is 0 Å². The van der Waals surface area contributed by atoms with E-state index in [1.54, 1.807) is 0 Å². The summed E-state index contributed by atoms with van der Waals surface area (Å²) in [5.41, 5.74) is 0. The van der Waals surface area contributed by atoms with Gasteiger partial charge in [-0.05, 0) is 40.4 Å². The number of hydrogen-bond donors (Lipinski definition) is 1. The SMILES string of the molecule is CCCNC1CCN(C(C)CN(C)C)C1. The van der Waals surface area contributed by atoms with Gasteiger partial charge in [0.1, 0.15) is 0 Å². The van der Waals surface area contributed by atoms with E-state index in [0.717, 1.165) is 6.04 Å². The largest absolute Gasteiger partial charge is 0.313 e. The number of nitrogens with zero attached hydrogens (tertiary/aromatic N) is 2. The van der Waals surface area contributed by atoms with Crippen LogP contribution in [0.1, 0.15) is 26.7 Å². The van der Waals surface area contributed by atoms with E-state index in [1.807, 2.05) is 0 Å². The third-order valence-electron chi connectivity index (χ3n) is 3.16. The Morgan fingerprint density at radius 1 is 1.47 bits per heavy atom. The summed E-state index contributed by atoms with van der Waals surface area (Å²) in [5.74, 6) is 0. The van der Waals surface area contributed by atoms with Gasteiger partial charge in [0.15, 0.2) is 0 Å². The van der Waals surface area contributed by atoms with Crippen LogP contribution in [-0.2, 0) is 0 Å². The minimum absolute atomic E-state index is 0.688. The third kappa shape index (κ3) is 4.49. The number of hydrogen-bond acceptors (Lipinski definition) is 3. The van der Waals surface area contributed by atoms with Gasteiger partial charge in [0.25, 0.3) is 0 Å². The van der Waals surface area contributed by atoms with Gasteiger partial charge in [-0.2, -0.15) is 0 Å². The monoisotopic (exact) mass is 213 g/mol. The molecule has 0 aromatic rings. The first-order chi connectivity index (χ1) is 7.13. The number of nitrogens with one attached hydrogen (secondary N) is 1. The maximum atomic E-state index is 3.61. The van der Waals surface area contributed by atoms with Gasteiger partial charge in [-0.1, -0.05) is 6.92 Å². The summed E-state index contributed by atoms with van der Waals surface area (Å²) >= 11 is 0. The molecule has 0 saturated carbocycles. The molecule has 0 radical (unpaired) electrons. The Balaban J connectivity index is 2.22. The lowest BCUT2D eigenvalue weighted by molar-refractivity contribution is 0.205. The number of likely N-dealkylation sites (N-methyl/N-ethyl adjacent to an activating group) is 1. The minimum Gasteiger partial charge on any atom is -0.313 e. The van der Waals surface area contributed by atoms with Crippen LogP contribution >= 0.6 is 0 Å². The Morgan fingerprint density at radius 2 is 2.20 bits per heavy atom. The average Bonchev–Trinajstić information content (AvgIpc) is 2.62. The lowest BCUT2D eigenvalue weighted by atomic mass is 10.2. The lowest BCUT2D eigenvalue weighted by Gasteiger charge is -2.27. The van der Waals surface area contributed by atoms with E-state index in [9.17, 15) is 0 Å². The van der Waals surface area contributed by atoms with Crippen molar-refractivity contribution in [1.29, 1.82) is 0 Å². The molecule has 0 amide bonds. The van der Waals surface area contributed by atoms with Gasteiger partial charge in [-0.15, -0.1) is 0 Å². The van der Waals surface area contributed by atoms with Crippen LogP contribution in [0.25, 0.3) is 0 Å². The smallest absolute Gasteiger partial charge is 0.0207 e. The molecule has 0 spiro atoms. The molecule has 3 nitrogen and oxygen atoms in total. The van der Waals surface area contributed by atoms with E-state index in [0.29, 0.717) is 6.04 Å². The van der Waals surface area contributed by atoms with Gasteiger partial charge >= 0.3 is 0 Å². The fourth-order valence-corrected chi connectivity index (χ4v) is 2.35. The molecule has 0 bridgehead atoms. The van der Waals surface area contributed by atoms with Crippen molar-refractivity contribution in [3.63, 3.8) is 0 Å². The summed E-state index contributed by atoms with van der Waals surface area (Å²) in [5, 5.41) is 3.61. The number of rotatable bonds is 6. The maximum absolute atomic E-state index is 3.61. The van der Waals surface area contributed by atoms with Crippen LogP contribution < -0.4 is 5.32 Å². The van der Waals surface area contributed by atoms with Crippen LogP contribution in [0.2, 0.25) is 0 Å². The van der Waals surface area contributed by atoms with Crippen LogP contribution in [0.3, 0.4) is 0 Å². The summed E-state index contributed by atoms with van der Waals surface area (Å²) in [6.45, 7) is 9.39. The Morgan fingerprint density at radius 3 is 2.80 bits per heavy atom. The molecule has 0 aromatic heterocycles. The molecule has 1 heterocycles. The summed E-state index contributed by atoms with van der Waals surface area (Å²) in [7, 11) is 4.30. The summed E-state index contributed by atoms with van der Waals surface area (Å²) in [4.78, 5) is 4.88. The van der Waals surface area contributed by atoms with Crippen molar-refractivity contribution >= 4 is 0 Å². The maximum Gasteiger partial charge on any atom is 0.0207 e. The van der Waals surface area contributed by atoms with Crippen molar-refractivity contribution < 1.29 is 0 Å². The molecule has 15 heavy (non-hydrogen) atoms. The molecule has 2 atom stereocenters. The Labute approximate surface area is 94.8 Å². The predicted octanol–water partition coefficient (Wildman–Crippen LogP) is 1.01. The van der Waals surface area contributed by atoms with Crippen LogP contribution in [0.15, 0.2) is 0 Å². The fraction of sp³-hybridized carbons (Fsp3) is 1.00. The second-order valence-electron chi connectivity index (χ2n) is 5.05. The molecule has 3 heteroatoms. The normalized spacial score (nSPS) is 25.0. The lowest BCUT2D eigenvalue weighted by Crippen LogP contribution is -2.41. The molecule has 1 aliphatic rings. The molecule has 0 aliphatic carbocycles. The van der Waals surface area contributed by atoms with Crippen molar-refractivity contribution in [3.8, 4) is 0 Å². The van der Waals surface area contributed by atoms with Crippen LogP contribution in [-0.4, -0.2) is 62.2 Å². The standard InChI is InChI=1S/C12H27N3/c1-5-7-13-12-6-8-15(10-12)11(2)9-14(3)4/h11-13H,5-10H2,1-4H3. The molecule has 90 valence electrons. The predicted molar refractivity (Wildman–Crippen MR) is 66.3 cm³/mol. The van der Waals surface area contributed by atoms with Crippen molar-refractivity contribution in [1.82, 2.24) is 15.1 Å². The molecule has 0 aromatic carbocycles. The van der Waals surface area contributed by atoms with Crippen LogP contribution in [0.4, 0.5) is 0 Å². The topological polar surface area (TPSA) is 18.5 Å². The van der Waals surface area contributed by atoms with Crippen molar-refractivity contribution in [2.75, 3.05) is 40.3 Å². The Bertz CT molecular complexity index is 170. The molecule has 1 N–H and O–H groups in total. The van der Waals surface area contributed by atoms with E-state index in [1.165, 1.54) is 39.0 Å².